The summed E-state index contributed by atoms with van der Waals surface area (Å²) in [5.74, 6) is 0. The minimum atomic E-state index is 0.302. The van der Waals surface area contributed by atoms with Crippen LogP contribution in [0.2, 0.25) is 0 Å². The first-order valence-electron chi connectivity index (χ1n) is 4.85. The summed E-state index contributed by atoms with van der Waals surface area (Å²) in [6.07, 6.45) is 2.02. The largest absolute Gasteiger partial charge is 0.388 e. The quantitative estimate of drug-likeness (QED) is 0.572. The van der Waals surface area contributed by atoms with Gasteiger partial charge in [0.15, 0.2) is 0 Å². The molecule has 0 aliphatic rings. The van der Waals surface area contributed by atoms with Crippen LogP contribution >= 0.6 is 12.2 Å². The van der Waals surface area contributed by atoms with Gasteiger partial charge < -0.3 is 10.5 Å². The maximum atomic E-state index is 5.50. The molecule has 0 spiro atoms. The zero-order valence-corrected chi connectivity index (χ0v) is 9.88. The third-order valence-electron chi connectivity index (χ3n) is 2.18. The van der Waals surface area contributed by atoms with E-state index in [1.54, 1.807) is 7.11 Å². The second-order valence-electron chi connectivity index (χ2n) is 3.31. The molecule has 0 saturated carbocycles. The molecule has 84 valence electrons. The van der Waals surface area contributed by atoms with Gasteiger partial charge in [-0.15, -0.1) is 5.10 Å². The van der Waals surface area contributed by atoms with E-state index in [0.29, 0.717) is 10.7 Å². The molecule has 1 aromatic heterocycles. The van der Waals surface area contributed by atoms with Crippen molar-refractivity contribution in [2.24, 2.45) is 5.73 Å². The Hall–Kier alpha value is -1.01. The van der Waals surface area contributed by atoms with Crippen LogP contribution in [-0.2, 0) is 11.3 Å². The second kappa shape index (κ2) is 5.77. The molecular formula is C9H16N4OS. The number of aromatic nitrogens is 3. The van der Waals surface area contributed by atoms with E-state index >= 15 is 0 Å². The first kappa shape index (κ1) is 12.1. The van der Waals surface area contributed by atoms with Gasteiger partial charge in [0, 0.05) is 20.3 Å². The molecule has 5 nitrogen and oxygen atoms in total. The molecule has 1 rings (SSSR count). The average molecular weight is 228 g/mol. The summed E-state index contributed by atoms with van der Waals surface area (Å²) < 4.78 is 6.79. The number of unbranched alkanes of at least 4 members (excludes halogenated alkanes) is 1. The van der Waals surface area contributed by atoms with Crippen LogP contribution in [0.1, 0.15) is 24.2 Å². The van der Waals surface area contributed by atoms with E-state index in [4.69, 9.17) is 22.7 Å². The Morgan fingerprint density at radius 1 is 1.53 bits per heavy atom. The smallest absolute Gasteiger partial charge is 0.142 e. The fourth-order valence-electron chi connectivity index (χ4n) is 1.31. The summed E-state index contributed by atoms with van der Waals surface area (Å²) in [4.78, 5) is 0.302. The standard InChI is InChI=1S/C9H16N4OS/c1-7-8(9(10)15)11-12-13(7)5-3-4-6-14-2/h3-6H2,1-2H3,(H2,10,15). The Morgan fingerprint density at radius 3 is 2.80 bits per heavy atom. The third-order valence-corrected chi connectivity index (χ3v) is 2.38. The molecule has 0 unspecified atom stereocenters. The number of nitrogens with zero attached hydrogens (tertiary/aromatic N) is 3. The normalized spacial score (nSPS) is 10.5. The molecule has 6 heteroatoms. The number of nitrogens with two attached hydrogens (primary N) is 1. The maximum absolute atomic E-state index is 5.50. The molecule has 0 fully saturated rings. The molecule has 0 saturated heterocycles. The number of rotatable bonds is 6. The first-order valence-corrected chi connectivity index (χ1v) is 5.26. The van der Waals surface area contributed by atoms with Crippen LogP contribution in [-0.4, -0.2) is 33.7 Å². The molecule has 0 aliphatic heterocycles. The molecule has 0 atom stereocenters. The van der Waals surface area contributed by atoms with Crippen molar-refractivity contribution in [3.63, 3.8) is 0 Å². The Labute approximate surface area is 94.6 Å². The number of aryl methyl sites for hydroxylation is 1. The minimum Gasteiger partial charge on any atom is -0.388 e. The van der Waals surface area contributed by atoms with E-state index in [1.807, 2.05) is 11.6 Å². The van der Waals surface area contributed by atoms with Gasteiger partial charge in [0.05, 0.1) is 5.69 Å². The van der Waals surface area contributed by atoms with Gasteiger partial charge in [0.25, 0.3) is 0 Å². The molecule has 1 aromatic rings. The van der Waals surface area contributed by atoms with Gasteiger partial charge in [-0.3, -0.25) is 0 Å². The van der Waals surface area contributed by atoms with Crippen molar-refractivity contribution in [3.05, 3.63) is 11.4 Å². The van der Waals surface area contributed by atoms with Crippen molar-refractivity contribution in [3.8, 4) is 0 Å². The lowest BCUT2D eigenvalue weighted by Gasteiger charge is -2.03. The van der Waals surface area contributed by atoms with Crippen LogP contribution in [0.4, 0.5) is 0 Å². The fourth-order valence-corrected chi connectivity index (χ4v) is 1.50. The van der Waals surface area contributed by atoms with Crippen molar-refractivity contribution in [1.29, 1.82) is 0 Å². The topological polar surface area (TPSA) is 66.0 Å². The van der Waals surface area contributed by atoms with E-state index in [-0.39, 0.29) is 0 Å². The lowest BCUT2D eigenvalue weighted by Crippen LogP contribution is -2.12. The van der Waals surface area contributed by atoms with Gasteiger partial charge in [-0.1, -0.05) is 17.4 Å². The summed E-state index contributed by atoms with van der Waals surface area (Å²) in [7, 11) is 1.70. The van der Waals surface area contributed by atoms with E-state index < -0.39 is 0 Å². The van der Waals surface area contributed by atoms with Crippen molar-refractivity contribution >= 4 is 17.2 Å². The van der Waals surface area contributed by atoms with Crippen LogP contribution in [0, 0.1) is 6.92 Å². The van der Waals surface area contributed by atoms with Crippen molar-refractivity contribution in [2.45, 2.75) is 26.3 Å². The summed E-state index contributed by atoms with van der Waals surface area (Å²) in [6.45, 7) is 3.52. The van der Waals surface area contributed by atoms with E-state index in [0.717, 1.165) is 31.7 Å². The van der Waals surface area contributed by atoms with Gasteiger partial charge in [-0.2, -0.15) is 0 Å². The predicted octanol–water partition coefficient (Wildman–Crippen LogP) is 0.647. The van der Waals surface area contributed by atoms with Gasteiger partial charge in [0.2, 0.25) is 0 Å². The highest BCUT2D eigenvalue weighted by Gasteiger charge is 2.09. The molecule has 2 N–H and O–H groups in total. The molecular weight excluding hydrogens is 212 g/mol. The molecule has 15 heavy (non-hydrogen) atoms. The number of ether oxygens (including phenoxy) is 1. The van der Waals surface area contributed by atoms with Crippen LogP contribution in [0.25, 0.3) is 0 Å². The monoisotopic (exact) mass is 228 g/mol. The highest BCUT2D eigenvalue weighted by atomic mass is 32.1. The maximum Gasteiger partial charge on any atom is 0.142 e. The molecule has 1 heterocycles. The summed E-state index contributed by atoms with van der Waals surface area (Å²) in [5.41, 5.74) is 7.05. The van der Waals surface area contributed by atoms with E-state index in [9.17, 15) is 0 Å². The zero-order chi connectivity index (χ0) is 11.3. The minimum absolute atomic E-state index is 0.302. The number of methoxy groups -OCH3 is 1. The SMILES string of the molecule is COCCCCn1nnc(C(N)=S)c1C. The fraction of sp³-hybridized carbons (Fsp3) is 0.667. The third kappa shape index (κ3) is 3.24. The van der Waals surface area contributed by atoms with Crippen molar-refractivity contribution in [1.82, 2.24) is 15.0 Å². The Bertz CT molecular complexity index is 337. The molecule has 0 aromatic carbocycles. The van der Waals surface area contributed by atoms with Crippen LogP contribution in [0.3, 0.4) is 0 Å². The zero-order valence-electron chi connectivity index (χ0n) is 9.06. The lowest BCUT2D eigenvalue weighted by atomic mass is 10.3. The molecule has 0 aliphatic carbocycles. The van der Waals surface area contributed by atoms with Crippen LogP contribution in [0.15, 0.2) is 0 Å². The second-order valence-corrected chi connectivity index (χ2v) is 3.75. The van der Waals surface area contributed by atoms with Crippen LogP contribution < -0.4 is 5.73 Å². The predicted molar refractivity (Wildman–Crippen MR) is 61.8 cm³/mol. The number of hydrogen-bond acceptors (Lipinski definition) is 4. The Balaban J connectivity index is 2.51. The Kier molecular flexibility index (Phi) is 4.64. The molecule has 0 bridgehead atoms. The van der Waals surface area contributed by atoms with Crippen molar-refractivity contribution < 1.29 is 4.74 Å². The molecule has 0 radical (unpaired) electrons. The summed E-state index contributed by atoms with van der Waals surface area (Å²) in [6, 6.07) is 0. The lowest BCUT2D eigenvalue weighted by molar-refractivity contribution is 0.190. The van der Waals surface area contributed by atoms with E-state index in [2.05, 4.69) is 10.3 Å². The van der Waals surface area contributed by atoms with Gasteiger partial charge in [0.1, 0.15) is 10.7 Å². The van der Waals surface area contributed by atoms with Gasteiger partial charge in [-0.05, 0) is 19.8 Å². The van der Waals surface area contributed by atoms with Gasteiger partial charge in [-0.25, -0.2) is 4.68 Å². The highest BCUT2D eigenvalue weighted by molar-refractivity contribution is 7.80. The highest BCUT2D eigenvalue weighted by Crippen LogP contribution is 2.05. The molecule has 0 amide bonds. The van der Waals surface area contributed by atoms with Crippen LogP contribution in [0.5, 0.6) is 0 Å². The summed E-state index contributed by atoms with van der Waals surface area (Å²) >= 11 is 4.86. The van der Waals surface area contributed by atoms with Gasteiger partial charge >= 0.3 is 0 Å². The summed E-state index contributed by atoms with van der Waals surface area (Å²) in [5, 5.41) is 7.92. The Morgan fingerprint density at radius 2 is 2.27 bits per heavy atom. The average Bonchev–Trinajstić information content (AvgIpc) is 2.55. The number of hydrogen-bond donors (Lipinski definition) is 1. The number of thiocarbonyl (C=S) groups is 1. The van der Waals surface area contributed by atoms with E-state index in [1.165, 1.54) is 0 Å². The first-order chi connectivity index (χ1) is 7.16. The van der Waals surface area contributed by atoms with Crippen molar-refractivity contribution in [2.75, 3.05) is 13.7 Å².